The summed E-state index contributed by atoms with van der Waals surface area (Å²) in [7, 11) is 5.54. The largest absolute Gasteiger partial charge is 0.495 e. The Morgan fingerprint density at radius 1 is 1.24 bits per heavy atom. The molecule has 0 aliphatic heterocycles. The highest BCUT2D eigenvalue weighted by Crippen LogP contribution is 2.29. The Kier molecular flexibility index (Phi) is 4.98. The summed E-state index contributed by atoms with van der Waals surface area (Å²) < 4.78 is 5.19. The minimum atomic E-state index is 0.630. The Labute approximate surface area is 151 Å². The third-order valence-electron chi connectivity index (χ3n) is 3.78. The molecule has 7 nitrogen and oxygen atoms in total. The van der Waals surface area contributed by atoms with Crippen LogP contribution < -0.4 is 15.4 Å². The van der Waals surface area contributed by atoms with E-state index >= 15 is 0 Å². The molecule has 132 valence electrons. The van der Waals surface area contributed by atoms with Gasteiger partial charge >= 0.3 is 0 Å². The summed E-state index contributed by atoms with van der Waals surface area (Å²) in [5.74, 6) is 3.16. The molecule has 3 N–H and O–H groups in total. The zero-order chi connectivity index (χ0) is 18.0. The highest BCUT2D eigenvalue weighted by Gasteiger charge is 2.14. The Morgan fingerprint density at radius 2 is 2.04 bits per heavy atom. The fourth-order valence-corrected chi connectivity index (χ4v) is 3.27. The summed E-state index contributed by atoms with van der Waals surface area (Å²) >= 11 is 1.56. The van der Waals surface area contributed by atoms with Gasteiger partial charge in [-0.25, -0.2) is 15.0 Å². The van der Waals surface area contributed by atoms with Crippen LogP contribution in [0.2, 0.25) is 0 Å². The van der Waals surface area contributed by atoms with Gasteiger partial charge in [0.25, 0.3) is 0 Å². The van der Waals surface area contributed by atoms with Crippen molar-refractivity contribution in [2.24, 2.45) is 0 Å². The number of imidazole rings is 1. The summed E-state index contributed by atoms with van der Waals surface area (Å²) in [5.41, 5.74) is 9.27. The maximum absolute atomic E-state index is 5.97. The molecule has 1 aromatic carbocycles. The first-order valence-electron chi connectivity index (χ1n) is 8.01. The summed E-state index contributed by atoms with van der Waals surface area (Å²) in [6.45, 7) is 2.06. The molecule has 0 saturated heterocycles. The molecule has 0 spiro atoms. The molecule has 0 saturated carbocycles. The molecule has 0 unspecified atom stereocenters. The molecule has 0 aliphatic carbocycles. The van der Waals surface area contributed by atoms with E-state index in [0.717, 1.165) is 34.9 Å². The highest BCUT2D eigenvalue weighted by atomic mass is 32.2. The third kappa shape index (κ3) is 3.63. The standard InChI is InChI=1S/C17H22N6OS/c1-5-13-19-14-15(20-13)21-17(22-16(14)23(2)3)25-9-10-6-7-12(24-4)11(18)8-10/h6-8H,5,9,18H2,1-4H3,(H,19,20,21,22). The lowest BCUT2D eigenvalue weighted by Crippen LogP contribution is -2.12. The Morgan fingerprint density at radius 3 is 2.68 bits per heavy atom. The zero-order valence-corrected chi connectivity index (χ0v) is 15.6. The van der Waals surface area contributed by atoms with E-state index in [0.29, 0.717) is 22.2 Å². The van der Waals surface area contributed by atoms with Gasteiger partial charge in [0.2, 0.25) is 0 Å². The Bertz CT molecular complexity index is 892. The normalized spacial score (nSPS) is 11.0. The molecule has 0 amide bonds. The van der Waals surface area contributed by atoms with Crippen LogP contribution in [0.3, 0.4) is 0 Å². The molecule has 3 rings (SSSR count). The van der Waals surface area contributed by atoms with Crippen molar-refractivity contribution in [1.82, 2.24) is 19.9 Å². The number of ether oxygens (including phenoxy) is 1. The lowest BCUT2D eigenvalue weighted by atomic mass is 10.2. The monoisotopic (exact) mass is 358 g/mol. The molecule has 2 heterocycles. The van der Waals surface area contributed by atoms with Crippen molar-refractivity contribution in [3.05, 3.63) is 29.6 Å². The zero-order valence-electron chi connectivity index (χ0n) is 14.8. The molecule has 2 aromatic heterocycles. The summed E-state index contributed by atoms with van der Waals surface area (Å²) in [6.07, 6.45) is 0.830. The molecule has 0 aliphatic rings. The van der Waals surface area contributed by atoms with Crippen LogP contribution in [0.5, 0.6) is 5.75 Å². The molecule has 0 atom stereocenters. The van der Waals surface area contributed by atoms with E-state index in [9.17, 15) is 0 Å². The molecule has 0 fully saturated rings. The van der Waals surface area contributed by atoms with Crippen LogP contribution in [0.4, 0.5) is 11.5 Å². The van der Waals surface area contributed by atoms with E-state index in [1.807, 2.05) is 37.2 Å². The molecule has 0 radical (unpaired) electrons. The number of hydrogen-bond acceptors (Lipinski definition) is 7. The number of aromatic amines is 1. The second-order valence-electron chi connectivity index (χ2n) is 5.82. The number of fused-ring (bicyclic) bond motifs is 1. The first kappa shape index (κ1) is 17.3. The fraction of sp³-hybridized carbons (Fsp3) is 0.353. The van der Waals surface area contributed by atoms with Crippen LogP contribution in [0.25, 0.3) is 11.2 Å². The number of nitrogens with one attached hydrogen (secondary N) is 1. The number of methoxy groups -OCH3 is 1. The van der Waals surface area contributed by atoms with Gasteiger partial charge in [-0.05, 0) is 17.7 Å². The number of benzene rings is 1. The smallest absolute Gasteiger partial charge is 0.192 e. The number of aromatic nitrogens is 4. The first-order chi connectivity index (χ1) is 12.0. The average Bonchev–Trinajstić information content (AvgIpc) is 3.02. The predicted molar refractivity (Wildman–Crippen MR) is 102 cm³/mol. The molecule has 25 heavy (non-hydrogen) atoms. The van der Waals surface area contributed by atoms with Gasteiger partial charge in [0.15, 0.2) is 16.6 Å². The van der Waals surface area contributed by atoms with Crippen molar-refractivity contribution in [1.29, 1.82) is 0 Å². The quantitative estimate of drug-likeness (QED) is 0.397. The van der Waals surface area contributed by atoms with Crippen LogP contribution in [-0.2, 0) is 12.2 Å². The lowest BCUT2D eigenvalue weighted by molar-refractivity contribution is 0.417. The van der Waals surface area contributed by atoms with Gasteiger partial charge in [0, 0.05) is 26.3 Å². The van der Waals surface area contributed by atoms with Crippen LogP contribution >= 0.6 is 11.8 Å². The van der Waals surface area contributed by atoms with Crippen molar-refractivity contribution in [2.75, 3.05) is 31.8 Å². The van der Waals surface area contributed by atoms with Gasteiger partial charge < -0.3 is 20.4 Å². The van der Waals surface area contributed by atoms with Crippen molar-refractivity contribution in [3.63, 3.8) is 0 Å². The minimum absolute atomic E-state index is 0.630. The van der Waals surface area contributed by atoms with E-state index in [1.165, 1.54) is 0 Å². The molecular weight excluding hydrogens is 336 g/mol. The maximum Gasteiger partial charge on any atom is 0.192 e. The van der Waals surface area contributed by atoms with Gasteiger partial charge in [-0.1, -0.05) is 24.8 Å². The number of H-pyrrole nitrogens is 1. The van der Waals surface area contributed by atoms with Crippen LogP contribution in [-0.4, -0.2) is 41.1 Å². The Balaban J connectivity index is 1.87. The number of rotatable bonds is 6. The van der Waals surface area contributed by atoms with Crippen LogP contribution in [0.15, 0.2) is 23.4 Å². The number of nitrogen functional groups attached to an aromatic ring is 1. The summed E-state index contributed by atoms with van der Waals surface area (Å²) in [6, 6.07) is 5.79. The SMILES string of the molecule is CCc1nc2nc(SCc3ccc(OC)c(N)c3)nc(N(C)C)c2[nH]1. The predicted octanol–water partition coefficient (Wildman–Crippen LogP) is 2.86. The number of aryl methyl sites for hydroxylation is 1. The van der Waals surface area contributed by atoms with Gasteiger partial charge in [-0.3, -0.25) is 0 Å². The van der Waals surface area contributed by atoms with E-state index in [4.69, 9.17) is 10.5 Å². The number of thioether (sulfide) groups is 1. The van der Waals surface area contributed by atoms with E-state index in [2.05, 4.69) is 26.9 Å². The molecule has 0 bridgehead atoms. The van der Waals surface area contributed by atoms with Gasteiger partial charge in [0.1, 0.15) is 17.1 Å². The van der Waals surface area contributed by atoms with Gasteiger partial charge in [0.05, 0.1) is 12.8 Å². The number of anilines is 2. The van der Waals surface area contributed by atoms with Crippen LogP contribution in [0, 0.1) is 0 Å². The number of hydrogen-bond donors (Lipinski definition) is 2. The number of nitrogens with zero attached hydrogens (tertiary/aromatic N) is 4. The van der Waals surface area contributed by atoms with Crippen molar-refractivity contribution in [3.8, 4) is 5.75 Å². The molecule has 3 aromatic rings. The minimum Gasteiger partial charge on any atom is -0.495 e. The Hall–Kier alpha value is -2.48. The van der Waals surface area contributed by atoms with Gasteiger partial charge in [-0.15, -0.1) is 0 Å². The highest BCUT2D eigenvalue weighted by molar-refractivity contribution is 7.98. The van der Waals surface area contributed by atoms with Gasteiger partial charge in [-0.2, -0.15) is 0 Å². The van der Waals surface area contributed by atoms with Crippen molar-refractivity contribution in [2.45, 2.75) is 24.3 Å². The number of nitrogens with two attached hydrogens (primary N) is 1. The fourth-order valence-electron chi connectivity index (χ4n) is 2.49. The summed E-state index contributed by atoms with van der Waals surface area (Å²) in [4.78, 5) is 19.1. The van der Waals surface area contributed by atoms with Crippen molar-refractivity contribution < 1.29 is 4.74 Å². The average molecular weight is 358 g/mol. The third-order valence-corrected chi connectivity index (χ3v) is 4.70. The first-order valence-corrected chi connectivity index (χ1v) is 8.99. The molecule has 8 heteroatoms. The summed E-state index contributed by atoms with van der Waals surface area (Å²) in [5, 5.41) is 0.694. The van der Waals surface area contributed by atoms with Crippen LogP contribution in [0.1, 0.15) is 18.3 Å². The lowest BCUT2D eigenvalue weighted by Gasteiger charge is -2.13. The maximum atomic E-state index is 5.97. The molecular formula is C17H22N6OS. The van der Waals surface area contributed by atoms with Crippen molar-refractivity contribution >= 4 is 34.4 Å². The van der Waals surface area contributed by atoms with E-state index in [-0.39, 0.29) is 0 Å². The topological polar surface area (TPSA) is 92.9 Å². The van der Waals surface area contributed by atoms with E-state index < -0.39 is 0 Å². The second kappa shape index (κ2) is 7.18. The second-order valence-corrected chi connectivity index (χ2v) is 6.77. The van der Waals surface area contributed by atoms with E-state index in [1.54, 1.807) is 18.9 Å².